The molecule has 0 spiro atoms. The number of hydrogen-bond acceptors (Lipinski definition) is 23. The van der Waals surface area contributed by atoms with Crippen LogP contribution >= 0.6 is 0 Å². The molecule has 1 aliphatic heterocycles. The lowest BCUT2D eigenvalue weighted by atomic mass is 9.98. The standard InChI is InChI=1S/C80H119N17O23S/c1-43(2)65-79(117)92-59(41-49-23-27-51(101)28-24-49)75(113)87-54(29-32-62(82)102)71(109)85-52(70(108)93-60(42-98)76(114)90-57(68(83)106)39-48-21-25-50(100)26-22-48)20-14-16-37-84-63(103)33-30-55(73(111)94-65)86-72(110)56(35-38-121(9,119)120)88-74(112)58(40-47-17-11-10-12-18-47)91-69(107)53(19-13-15-36-81)89-78(116)66(44(3)4)96-80(118)67(45(5)6)95-77(115)61(31-34-64(104)105)97(8)46(7)99/h10-12,17-18,21-28,43-45,52-61,65-67,98,100-101H,13-16,19-20,29-42,81H2,1-9H3,(H2,82,102)(H2,83,106)(H,84,103)(H,85,109)(H,86,110)(H,87,113)(H,88,112)(H,89,116)(H,90,114)(H,91,107)(H,92,117)(H,93,108)(H,94,111)(H,95,115)(H,96,118)(H,104,105)/t52-,53-,54-,55-,56-,57-,58-,59-,60-,61-,65-,66-,67-/m0/s1. The second-order valence-corrected chi connectivity index (χ2v) is 33.2. The second kappa shape index (κ2) is 50.3. The topological polar surface area (TPSA) is 643 Å². The molecule has 3 aromatic carbocycles. The Kier molecular flexibility index (Phi) is 42.1. The smallest absolute Gasteiger partial charge is 0.303 e. The van der Waals surface area contributed by atoms with E-state index in [4.69, 9.17) is 17.2 Å². The van der Waals surface area contributed by atoms with Gasteiger partial charge in [0.2, 0.25) is 94.5 Å². The number of phenolic OH excluding ortho intramolecular Hbond substituents is 2. The van der Waals surface area contributed by atoms with Gasteiger partial charge in [0, 0.05) is 65.3 Å². The number of carbonyl (C=O) groups is 17. The molecule has 4 rings (SSSR count). The minimum atomic E-state index is -4.00. The van der Waals surface area contributed by atoms with Crippen molar-refractivity contribution >= 4 is 110 Å². The summed E-state index contributed by atoms with van der Waals surface area (Å²) in [5.41, 5.74) is 18.2. The Morgan fingerprint density at radius 3 is 1.63 bits per heavy atom. The van der Waals surface area contributed by atoms with Crippen molar-refractivity contribution in [2.75, 3.05) is 38.8 Å². The van der Waals surface area contributed by atoms with Crippen LogP contribution in [-0.2, 0) is 111 Å². The Morgan fingerprint density at radius 2 is 1.07 bits per heavy atom. The average Bonchev–Trinajstić information content (AvgIpc) is 0.975. The van der Waals surface area contributed by atoms with Gasteiger partial charge in [-0.15, -0.1) is 0 Å². The van der Waals surface area contributed by atoms with Crippen molar-refractivity contribution < 1.29 is 110 Å². The van der Waals surface area contributed by atoms with Gasteiger partial charge in [-0.1, -0.05) is 96.1 Å². The number of aliphatic hydroxyl groups is 1. The molecule has 16 amide bonds. The number of benzene rings is 3. The van der Waals surface area contributed by atoms with Gasteiger partial charge < -0.3 is 112 Å². The molecule has 0 saturated carbocycles. The van der Waals surface area contributed by atoms with Gasteiger partial charge in [0.25, 0.3) is 0 Å². The molecular formula is C80H119N17O23S. The van der Waals surface area contributed by atoms with Crippen molar-refractivity contribution in [2.45, 2.75) is 230 Å². The summed E-state index contributed by atoms with van der Waals surface area (Å²) >= 11 is 0. The quantitative estimate of drug-likeness (QED) is 0.0241. The van der Waals surface area contributed by atoms with Crippen LogP contribution in [0.25, 0.3) is 0 Å². The molecule has 1 heterocycles. The largest absolute Gasteiger partial charge is 0.508 e. The lowest BCUT2D eigenvalue weighted by Crippen LogP contribution is -2.62. The number of aromatic hydroxyl groups is 2. The number of carboxylic acids is 1. The fourth-order valence-corrected chi connectivity index (χ4v) is 13.4. The number of nitrogens with one attached hydrogen (secondary N) is 13. The number of carbonyl (C=O) groups excluding carboxylic acids is 16. The first-order valence-corrected chi connectivity index (χ1v) is 42.0. The third-order valence-electron chi connectivity index (χ3n) is 19.9. The number of nitrogens with zero attached hydrogens (tertiary/aromatic N) is 1. The predicted octanol–water partition coefficient (Wildman–Crippen LogP) is -3.99. The summed E-state index contributed by atoms with van der Waals surface area (Å²) in [5, 5.41) is 73.0. The molecule has 41 heteroatoms. The maximum Gasteiger partial charge on any atom is 0.303 e. The number of rotatable bonds is 41. The molecule has 3 aromatic rings. The van der Waals surface area contributed by atoms with Gasteiger partial charge in [0.05, 0.1) is 12.4 Å². The van der Waals surface area contributed by atoms with Crippen molar-refractivity contribution in [3.8, 4) is 11.5 Å². The summed E-state index contributed by atoms with van der Waals surface area (Å²) in [5.74, 6) is -20.3. The number of aliphatic carboxylic acids is 1. The molecule has 13 atom stereocenters. The van der Waals surface area contributed by atoms with Gasteiger partial charge in [-0.3, -0.25) is 81.5 Å². The van der Waals surface area contributed by atoms with Crippen LogP contribution in [0.5, 0.6) is 11.5 Å². The van der Waals surface area contributed by atoms with Gasteiger partial charge in [0.1, 0.15) is 99.9 Å². The highest BCUT2D eigenvalue weighted by Crippen LogP contribution is 2.19. The minimum Gasteiger partial charge on any atom is -0.508 e. The van der Waals surface area contributed by atoms with E-state index >= 15 is 9.59 Å². The third-order valence-corrected chi connectivity index (χ3v) is 20.9. The molecule has 1 fully saturated rings. The van der Waals surface area contributed by atoms with E-state index in [0.29, 0.717) is 23.1 Å². The van der Waals surface area contributed by atoms with Crippen LogP contribution in [0.15, 0.2) is 78.9 Å². The predicted molar refractivity (Wildman–Crippen MR) is 439 cm³/mol. The summed E-state index contributed by atoms with van der Waals surface area (Å²) < 4.78 is 26.0. The maximum atomic E-state index is 15.1. The Balaban J connectivity index is 1.77. The molecular weight excluding hydrogens is 1600 g/mol. The van der Waals surface area contributed by atoms with Crippen molar-refractivity contribution in [3.63, 3.8) is 0 Å². The van der Waals surface area contributed by atoms with Crippen LogP contribution in [0.4, 0.5) is 0 Å². The summed E-state index contributed by atoms with van der Waals surface area (Å²) in [6.45, 7) is 9.40. The van der Waals surface area contributed by atoms with Gasteiger partial charge >= 0.3 is 5.97 Å². The molecule has 668 valence electrons. The normalized spacial score (nSPS) is 18.6. The fraction of sp³-hybridized carbons (Fsp3) is 0.562. The van der Waals surface area contributed by atoms with E-state index in [1.807, 2.05) is 0 Å². The first-order valence-electron chi connectivity index (χ1n) is 39.9. The van der Waals surface area contributed by atoms with E-state index in [1.165, 1.54) is 76.3 Å². The molecule has 1 aliphatic rings. The number of nitrogens with two attached hydrogens (primary N) is 3. The fourth-order valence-electron chi connectivity index (χ4n) is 12.7. The van der Waals surface area contributed by atoms with Crippen LogP contribution in [-0.4, -0.2) is 252 Å². The van der Waals surface area contributed by atoms with Crippen LogP contribution in [0, 0.1) is 17.8 Å². The Morgan fingerprint density at radius 1 is 0.554 bits per heavy atom. The SMILES string of the molecule is CC(=O)N(C)[C@@H](CCC(=O)O)C(=O)N[C@H](C(=O)N[C@H](C(=O)N[C@@H](CCCCN)C(=O)N[C@@H](Cc1ccccc1)C(=O)N[C@@H](CCS(C)(=O)=O)C(=O)N[C@H]1CCC(=O)NCCCC[C@@H](C(=O)N[C@@H](CO)C(=O)N[C@@H](Cc2ccc(O)cc2)C(N)=O)NC(=O)[C@H](CCC(N)=O)NC(=O)[C@H](Cc2ccc(O)cc2)NC(=O)[C@H](C(C)C)NC1=O)C(C)C)C(C)C. The van der Waals surface area contributed by atoms with Gasteiger partial charge in [0.15, 0.2) is 0 Å². The lowest BCUT2D eigenvalue weighted by molar-refractivity contribution is -0.142. The Labute approximate surface area is 702 Å². The van der Waals surface area contributed by atoms with E-state index in [1.54, 1.807) is 58.0 Å². The molecule has 23 N–H and O–H groups in total. The number of hydrogen-bond donors (Lipinski definition) is 20. The summed E-state index contributed by atoms with van der Waals surface area (Å²) in [4.78, 5) is 238. The summed E-state index contributed by atoms with van der Waals surface area (Å²) in [6, 6.07) is -1.85. The summed E-state index contributed by atoms with van der Waals surface area (Å²) in [6.07, 6.45) is -3.64. The highest BCUT2D eigenvalue weighted by Gasteiger charge is 2.40. The number of amides is 16. The molecule has 40 nitrogen and oxygen atoms in total. The first kappa shape index (κ1) is 101. The van der Waals surface area contributed by atoms with E-state index in [2.05, 4.69) is 69.1 Å². The highest BCUT2D eigenvalue weighted by atomic mass is 32.2. The number of aliphatic hydroxyl groups excluding tert-OH is 1. The molecule has 0 radical (unpaired) electrons. The van der Waals surface area contributed by atoms with Crippen molar-refractivity contribution in [1.82, 2.24) is 74.0 Å². The zero-order valence-corrected chi connectivity index (χ0v) is 70.3. The maximum absolute atomic E-state index is 15.1. The third kappa shape index (κ3) is 35.9. The highest BCUT2D eigenvalue weighted by molar-refractivity contribution is 7.90. The van der Waals surface area contributed by atoms with E-state index in [-0.39, 0.29) is 76.0 Å². The number of phenols is 2. The first-order chi connectivity index (χ1) is 56.9. The number of sulfone groups is 1. The van der Waals surface area contributed by atoms with Gasteiger partial charge in [-0.2, -0.15) is 0 Å². The van der Waals surface area contributed by atoms with Crippen LogP contribution in [0.2, 0.25) is 0 Å². The van der Waals surface area contributed by atoms with Crippen molar-refractivity contribution in [2.24, 2.45) is 35.0 Å². The Hall–Kier alpha value is -11.9. The number of carboxylic acid groups (broad SMARTS) is 1. The zero-order chi connectivity index (χ0) is 90.5. The molecule has 1 saturated heterocycles. The lowest BCUT2D eigenvalue weighted by Gasteiger charge is -2.31. The molecule has 0 unspecified atom stereocenters. The number of likely N-dealkylation sites (N-methyl/N-ethyl adjacent to an activating group) is 1. The van der Waals surface area contributed by atoms with Gasteiger partial charge in [-0.25, -0.2) is 8.42 Å². The molecule has 0 aromatic heterocycles. The molecule has 0 aliphatic carbocycles. The minimum absolute atomic E-state index is 0.0271. The average molecular weight is 1720 g/mol. The van der Waals surface area contributed by atoms with Gasteiger partial charge in [-0.05, 0) is 129 Å². The molecule has 121 heavy (non-hydrogen) atoms. The van der Waals surface area contributed by atoms with Crippen molar-refractivity contribution in [3.05, 3.63) is 95.6 Å². The number of unbranched alkanes of at least 4 members (excludes halogenated alkanes) is 1. The van der Waals surface area contributed by atoms with E-state index in [9.17, 15) is 101 Å². The van der Waals surface area contributed by atoms with Crippen LogP contribution in [0.3, 0.4) is 0 Å². The van der Waals surface area contributed by atoms with Crippen LogP contribution in [0.1, 0.15) is 149 Å². The monoisotopic (exact) mass is 1720 g/mol. The Bertz CT molecular complexity index is 4200. The zero-order valence-electron chi connectivity index (χ0n) is 69.5. The van der Waals surface area contributed by atoms with Crippen LogP contribution < -0.4 is 86.3 Å². The summed E-state index contributed by atoms with van der Waals surface area (Å²) in [7, 11) is -2.71. The van der Waals surface area contributed by atoms with E-state index < -0.39 is 264 Å². The second-order valence-electron chi connectivity index (χ2n) is 30.9. The number of primary amides is 2. The van der Waals surface area contributed by atoms with Crippen molar-refractivity contribution in [1.29, 1.82) is 0 Å². The van der Waals surface area contributed by atoms with E-state index in [0.717, 1.165) is 11.2 Å². The molecule has 0 bridgehead atoms.